The molecule has 37 heavy (non-hydrogen) atoms. The molecule has 1 saturated heterocycles. The molecular weight excluding hydrogens is 477 g/mol. The van der Waals surface area contributed by atoms with E-state index in [9.17, 15) is 14.0 Å². The van der Waals surface area contributed by atoms with Crippen LogP contribution in [0, 0.1) is 5.82 Å². The number of amides is 3. The monoisotopic (exact) mass is 509 g/mol. The fourth-order valence-electron chi connectivity index (χ4n) is 4.15. The second-order valence-corrected chi connectivity index (χ2v) is 9.92. The molecule has 3 amide bonds. The Kier molecular flexibility index (Phi) is 7.66. The molecule has 0 aliphatic carbocycles. The van der Waals surface area contributed by atoms with E-state index in [1.54, 1.807) is 34.0 Å². The summed E-state index contributed by atoms with van der Waals surface area (Å²) < 4.78 is 26.6. The predicted molar refractivity (Wildman–Crippen MR) is 139 cm³/mol. The van der Waals surface area contributed by atoms with Crippen molar-refractivity contribution >= 4 is 23.5 Å². The summed E-state index contributed by atoms with van der Waals surface area (Å²) in [5, 5.41) is 9.73. The summed E-state index contributed by atoms with van der Waals surface area (Å²) in [7, 11) is 1.82. The summed E-state index contributed by atoms with van der Waals surface area (Å²) in [5.41, 5.74) is 1.98. The molecule has 3 aromatic rings. The molecule has 2 N–H and O–H groups in total. The third-order valence-electron chi connectivity index (χ3n) is 5.87. The number of ether oxygens (including phenoxy) is 2. The number of anilines is 2. The van der Waals surface area contributed by atoms with Gasteiger partial charge in [0.25, 0.3) is 0 Å². The number of likely N-dealkylation sites (tertiary alicyclic amines) is 1. The number of urea groups is 1. The lowest BCUT2D eigenvalue weighted by atomic mass is 10.1. The number of nitrogens with one attached hydrogen (secondary N) is 2. The Labute approximate surface area is 215 Å². The van der Waals surface area contributed by atoms with E-state index in [2.05, 4.69) is 15.7 Å². The molecule has 0 spiro atoms. The number of carbonyl (C=O) groups excluding carboxylic acids is 2. The van der Waals surface area contributed by atoms with Gasteiger partial charge < -0.3 is 25.0 Å². The van der Waals surface area contributed by atoms with Crippen molar-refractivity contribution in [1.29, 1.82) is 0 Å². The van der Waals surface area contributed by atoms with Gasteiger partial charge in [-0.2, -0.15) is 5.10 Å². The van der Waals surface area contributed by atoms with Gasteiger partial charge in [-0.05, 0) is 82.1 Å². The van der Waals surface area contributed by atoms with Crippen LogP contribution in [-0.4, -0.2) is 51.6 Å². The lowest BCUT2D eigenvalue weighted by Crippen LogP contribution is -2.42. The van der Waals surface area contributed by atoms with Gasteiger partial charge in [0.05, 0.1) is 11.7 Å². The fraction of sp³-hybridized carbons (Fsp3) is 0.370. The van der Waals surface area contributed by atoms with Gasteiger partial charge in [0, 0.05) is 36.7 Å². The van der Waals surface area contributed by atoms with E-state index in [-0.39, 0.29) is 18.0 Å². The van der Waals surface area contributed by atoms with Crippen molar-refractivity contribution in [2.75, 3.05) is 23.8 Å². The highest BCUT2D eigenvalue weighted by Gasteiger charge is 2.32. The standard InChI is InChI=1S/C27H32FN5O4/c1-27(2,3)37-26(35)33-15-5-6-21(33)17-36-24-12-11-20(16-22(24)23-13-14-29-32(23)4)31-25(34)30-19-9-7-18(28)8-10-19/h7-14,16,21H,5-6,15,17H2,1-4H3,(H2,30,31,34)/t21-/m1/s1. The smallest absolute Gasteiger partial charge is 0.410 e. The maximum atomic E-state index is 13.1. The average molecular weight is 510 g/mol. The van der Waals surface area contributed by atoms with E-state index in [0.29, 0.717) is 30.3 Å². The Morgan fingerprint density at radius 1 is 1.08 bits per heavy atom. The van der Waals surface area contributed by atoms with E-state index >= 15 is 0 Å². The number of rotatable bonds is 6. The zero-order valence-electron chi connectivity index (χ0n) is 21.5. The molecule has 4 rings (SSSR count). The molecule has 9 nitrogen and oxygen atoms in total. The molecule has 1 atom stereocenters. The number of aryl methyl sites for hydroxylation is 1. The minimum atomic E-state index is -0.566. The quantitative estimate of drug-likeness (QED) is 0.448. The van der Waals surface area contributed by atoms with E-state index < -0.39 is 11.6 Å². The van der Waals surface area contributed by atoms with E-state index in [1.165, 1.54) is 24.3 Å². The second kappa shape index (κ2) is 10.9. The van der Waals surface area contributed by atoms with Crippen LogP contribution in [0.2, 0.25) is 0 Å². The van der Waals surface area contributed by atoms with Gasteiger partial charge in [-0.25, -0.2) is 14.0 Å². The summed E-state index contributed by atoms with van der Waals surface area (Å²) >= 11 is 0. The number of aromatic nitrogens is 2. The molecule has 1 fully saturated rings. The first-order valence-electron chi connectivity index (χ1n) is 12.2. The van der Waals surface area contributed by atoms with Crippen LogP contribution >= 0.6 is 0 Å². The van der Waals surface area contributed by atoms with Crippen LogP contribution in [0.3, 0.4) is 0 Å². The Morgan fingerprint density at radius 2 is 1.78 bits per heavy atom. The Bertz CT molecular complexity index is 1250. The third kappa shape index (κ3) is 6.78. The predicted octanol–water partition coefficient (Wildman–Crippen LogP) is 5.65. The number of halogens is 1. The molecule has 1 aliphatic rings. The molecule has 0 unspecified atom stereocenters. The SMILES string of the molecule is Cn1nccc1-c1cc(NC(=O)Nc2ccc(F)cc2)ccc1OC[C@H]1CCCN1C(=O)OC(C)(C)C. The zero-order chi connectivity index (χ0) is 26.6. The summed E-state index contributed by atoms with van der Waals surface area (Å²) in [6.45, 7) is 6.48. The molecule has 0 saturated carbocycles. The minimum Gasteiger partial charge on any atom is -0.491 e. The molecule has 0 bridgehead atoms. The van der Waals surface area contributed by atoms with Gasteiger partial charge in [0.15, 0.2) is 0 Å². The van der Waals surface area contributed by atoms with Crippen molar-refractivity contribution in [1.82, 2.24) is 14.7 Å². The number of carbonyl (C=O) groups is 2. The van der Waals surface area contributed by atoms with Crippen LogP contribution in [-0.2, 0) is 11.8 Å². The summed E-state index contributed by atoms with van der Waals surface area (Å²) in [4.78, 5) is 26.9. The van der Waals surface area contributed by atoms with Gasteiger partial charge in [0.1, 0.15) is 23.8 Å². The van der Waals surface area contributed by atoms with Gasteiger partial charge in [-0.3, -0.25) is 4.68 Å². The van der Waals surface area contributed by atoms with Crippen LogP contribution in [0.5, 0.6) is 5.75 Å². The van der Waals surface area contributed by atoms with Gasteiger partial charge in [-0.15, -0.1) is 0 Å². The lowest BCUT2D eigenvalue weighted by molar-refractivity contribution is 0.0187. The number of hydrogen-bond acceptors (Lipinski definition) is 5. The Morgan fingerprint density at radius 3 is 2.46 bits per heavy atom. The molecule has 1 aromatic heterocycles. The summed E-state index contributed by atoms with van der Waals surface area (Å²) in [6.07, 6.45) is 3.05. The van der Waals surface area contributed by atoms with Crippen LogP contribution in [0.4, 0.5) is 25.4 Å². The van der Waals surface area contributed by atoms with Gasteiger partial charge in [0.2, 0.25) is 0 Å². The van der Waals surface area contributed by atoms with Crippen molar-refractivity contribution in [2.45, 2.75) is 45.3 Å². The van der Waals surface area contributed by atoms with E-state index in [1.807, 2.05) is 33.9 Å². The van der Waals surface area contributed by atoms with Gasteiger partial charge in [-0.1, -0.05) is 0 Å². The average Bonchev–Trinajstić information content (AvgIpc) is 3.47. The maximum absolute atomic E-state index is 13.1. The largest absolute Gasteiger partial charge is 0.491 e. The summed E-state index contributed by atoms with van der Waals surface area (Å²) in [5.74, 6) is 0.221. The van der Waals surface area contributed by atoms with Crippen molar-refractivity contribution in [2.24, 2.45) is 7.05 Å². The second-order valence-electron chi connectivity index (χ2n) is 9.92. The molecule has 10 heteroatoms. The fourth-order valence-corrected chi connectivity index (χ4v) is 4.15. The molecule has 2 aromatic carbocycles. The molecule has 0 radical (unpaired) electrons. The van der Waals surface area contributed by atoms with Gasteiger partial charge >= 0.3 is 12.1 Å². The molecule has 196 valence electrons. The summed E-state index contributed by atoms with van der Waals surface area (Å²) in [6, 6.07) is 12.1. The van der Waals surface area contributed by atoms with Crippen molar-refractivity contribution in [3.05, 3.63) is 60.5 Å². The normalized spacial score (nSPS) is 15.4. The van der Waals surface area contributed by atoms with Crippen molar-refractivity contribution < 1.29 is 23.5 Å². The number of hydrogen-bond donors (Lipinski definition) is 2. The van der Waals surface area contributed by atoms with Crippen molar-refractivity contribution in [3.8, 4) is 17.0 Å². The first kappa shape index (κ1) is 26.0. The molecule has 2 heterocycles. The lowest BCUT2D eigenvalue weighted by Gasteiger charge is -2.28. The first-order valence-corrected chi connectivity index (χ1v) is 12.2. The highest BCUT2D eigenvalue weighted by atomic mass is 19.1. The minimum absolute atomic E-state index is 0.103. The highest BCUT2D eigenvalue weighted by Crippen LogP contribution is 2.33. The van der Waals surface area contributed by atoms with E-state index in [0.717, 1.165) is 24.1 Å². The zero-order valence-corrected chi connectivity index (χ0v) is 21.5. The maximum Gasteiger partial charge on any atom is 0.410 e. The topological polar surface area (TPSA) is 97.7 Å². The van der Waals surface area contributed by atoms with Crippen LogP contribution in [0.1, 0.15) is 33.6 Å². The van der Waals surface area contributed by atoms with Crippen LogP contribution in [0.25, 0.3) is 11.3 Å². The first-order chi connectivity index (χ1) is 17.6. The van der Waals surface area contributed by atoms with Crippen molar-refractivity contribution in [3.63, 3.8) is 0 Å². The third-order valence-corrected chi connectivity index (χ3v) is 5.87. The Balaban J connectivity index is 1.49. The Hall–Kier alpha value is -4.08. The molecular formula is C27H32FN5O4. The highest BCUT2D eigenvalue weighted by molar-refractivity contribution is 6.00. The van der Waals surface area contributed by atoms with Crippen LogP contribution in [0.15, 0.2) is 54.7 Å². The molecule has 1 aliphatic heterocycles. The number of nitrogens with zero attached hydrogens (tertiary/aromatic N) is 3. The van der Waals surface area contributed by atoms with E-state index in [4.69, 9.17) is 9.47 Å². The number of benzene rings is 2. The van der Waals surface area contributed by atoms with Crippen LogP contribution < -0.4 is 15.4 Å².